The van der Waals surface area contributed by atoms with E-state index in [1.165, 1.54) is 38.3 Å². The minimum absolute atomic E-state index is 1.07. The fourth-order valence-corrected chi connectivity index (χ4v) is 1.95. The second-order valence-corrected chi connectivity index (χ2v) is 4.17. The molecule has 0 atom stereocenters. The fourth-order valence-electron chi connectivity index (χ4n) is 1.95. The molecule has 1 aliphatic rings. The molecular formula is C14H24N2. The van der Waals surface area contributed by atoms with E-state index >= 15 is 0 Å². The molecule has 0 saturated carbocycles. The quantitative estimate of drug-likeness (QED) is 0.656. The first-order valence-electron chi connectivity index (χ1n) is 6.19. The number of piperazine rings is 1. The van der Waals surface area contributed by atoms with Gasteiger partial charge in [0.25, 0.3) is 0 Å². The van der Waals surface area contributed by atoms with Crippen molar-refractivity contribution in [3.05, 3.63) is 36.5 Å². The maximum Gasteiger partial charge on any atom is 0.0231 e. The highest BCUT2D eigenvalue weighted by Crippen LogP contribution is 2.06. The Bertz CT molecular complexity index is 258. The van der Waals surface area contributed by atoms with E-state index in [9.17, 15) is 0 Å². The van der Waals surface area contributed by atoms with Crippen LogP contribution in [0.15, 0.2) is 36.5 Å². The van der Waals surface area contributed by atoms with E-state index < -0.39 is 0 Å². The van der Waals surface area contributed by atoms with Crippen LogP contribution in [0.5, 0.6) is 0 Å². The molecule has 0 radical (unpaired) electrons. The molecular weight excluding hydrogens is 196 g/mol. The largest absolute Gasteiger partial charge is 0.301 e. The molecule has 1 heterocycles. The first-order valence-corrected chi connectivity index (χ1v) is 6.19. The summed E-state index contributed by atoms with van der Waals surface area (Å²) < 4.78 is 0. The Morgan fingerprint density at radius 2 is 1.81 bits per heavy atom. The zero-order valence-corrected chi connectivity index (χ0v) is 10.7. The number of nitrogens with zero attached hydrogens (tertiary/aromatic N) is 2. The van der Waals surface area contributed by atoms with Crippen LogP contribution >= 0.6 is 0 Å². The average Bonchev–Trinajstić information content (AvgIpc) is 2.35. The van der Waals surface area contributed by atoms with Crippen molar-refractivity contribution < 1.29 is 0 Å². The highest BCUT2D eigenvalue weighted by molar-refractivity contribution is 5.22. The minimum atomic E-state index is 1.07. The second-order valence-electron chi connectivity index (χ2n) is 4.17. The van der Waals surface area contributed by atoms with E-state index in [0.717, 1.165) is 6.54 Å². The van der Waals surface area contributed by atoms with Gasteiger partial charge in [0.15, 0.2) is 0 Å². The normalized spacial score (nSPS) is 20.5. The molecule has 1 saturated heterocycles. The fraction of sp³-hybridized carbons (Fsp3) is 0.571. The number of allylic oxidation sites excluding steroid dienone is 3. The Labute approximate surface area is 99.9 Å². The molecule has 0 aromatic rings. The van der Waals surface area contributed by atoms with Crippen LogP contribution in [0.1, 0.15) is 13.8 Å². The van der Waals surface area contributed by atoms with Gasteiger partial charge >= 0.3 is 0 Å². The molecule has 1 aliphatic heterocycles. The van der Waals surface area contributed by atoms with Gasteiger partial charge < -0.3 is 4.90 Å². The van der Waals surface area contributed by atoms with Gasteiger partial charge in [-0.2, -0.15) is 0 Å². The van der Waals surface area contributed by atoms with Crippen LogP contribution < -0.4 is 0 Å². The van der Waals surface area contributed by atoms with Gasteiger partial charge in [-0.25, -0.2) is 0 Å². The van der Waals surface area contributed by atoms with E-state index in [-0.39, 0.29) is 0 Å². The lowest BCUT2D eigenvalue weighted by molar-refractivity contribution is 0.146. The standard InChI is InChI=1S/C14H24N2/c1-4-7-8-14(5-2)13-16-11-9-15(6-3)10-12-16/h4-5,7-8H,1,6,9-13H2,2-3H3/b8-7-,14-5+. The summed E-state index contributed by atoms with van der Waals surface area (Å²) in [4.78, 5) is 5.03. The average molecular weight is 220 g/mol. The Hall–Kier alpha value is -0.860. The summed E-state index contributed by atoms with van der Waals surface area (Å²) in [5.74, 6) is 0. The topological polar surface area (TPSA) is 6.48 Å². The van der Waals surface area contributed by atoms with E-state index in [1.54, 1.807) is 0 Å². The lowest BCUT2D eigenvalue weighted by Crippen LogP contribution is -2.46. The molecule has 0 amide bonds. The Morgan fingerprint density at radius 3 is 2.31 bits per heavy atom. The number of likely N-dealkylation sites (N-methyl/N-ethyl adjacent to an activating group) is 1. The third-order valence-corrected chi connectivity index (χ3v) is 3.14. The maximum absolute atomic E-state index is 3.70. The van der Waals surface area contributed by atoms with Gasteiger partial charge in [-0.05, 0) is 19.0 Å². The van der Waals surface area contributed by atoms with Crippen LogP contribution in [0.25, 0.3) is 0 Å². The van der Waals surface area contributed by atoms with Crippen molar-refractivity contribution in [1.82, 2.24) is 9.80 Å². The van der Waals surface area contributed by atoms with Gasteiger partial charge in [0.1, 0.15) is 0 Å². The highest BCUT2D eigenvalue weighted by atomic mass is 15.3. The van der Waals surface area contributed by atoms with Gasteiger partial charge in [0.05, 0.1) is 0 Å². The zero-order chi connectivity index (χ0) is 11.8. The molecule has 1 rings (SSSR count). The van der Waals surface area contributed by atoms with E-state index in [4.69, 9.17) is 0 Å². The zero-order valence-electron chi connectivity index (χ0n) is 10.7. The van der Waals surface area contributed by atoms with Gasteiger partial charge in [0.2, 0.25) is 0 Å². The summed E-state index contributed by atoms with van der Waals surface area (Å²) in [6, 6.07) is 0. The van der Waals surface area contributed by atoms with Crippen LogP contribution in [0.3, 0.4) is 0 Å². The van der Waals surface area contributed by atoms with Crippen molar-refractivity contribution in [3.8, 4) is 0 Å². The molecule has 0 aromatic heterocycles. The van der Waals surface area contributed by atoms with Crippen LogP contribution in [-0.2, 0) is 0 Å². The highest BCUT2D eigenvalue weighted by Gasteiger charge is 2.15. The van der Waals surface area contributed by atoms with Crippen molar-refractivity contribution in [2.45, 2.75) is 13.8 Å². The third kappa shape index (κ3) is 4.33. The maximum atomic E-state index is 3.70. The van der Waals surface area contributed by atoms with Crippen LogP contribution in [0, 0.1) is 0 Å². The molecule has 1 fully saturated rings. The van der Waals surface area contributed by atoms with Crippen molar-refractivity contribution in [1.29, 1.82) is 0 Å². The van der Waals surface area contributed by atoms with E-state index in [0.29, 0.717) is 0 Å². The first kappa shape index (κ1) is 13.2. The minimum Gasteiger partial charge on any atom is -0.301 e. The molecule has 0 spiro atoms. The monoisotopic (exact) mass is 220 g/mol. The SMILES string of the molecule is C=C/C=C\C(=C/C)CN1CCN(CC)CC1. The van der Waals surface area contributed by atoms with Crippen LogP contribution in [0.2, 0.25) is 0 Å². The molecule has 90 valence electrons. The Kier molecular flexibility index (Phi) is 6.12. The van der Waals surface area contributed by atoms with E-state index in [2.05, 4.69) is 42.4 Å². The van der Waals surface area contributed by atoms with Crippen LogP contribution in [0.4, 0.5) is 0 Å². The summed E-state index contributed by atoms with van der Waals surface area (Å²) >= 11 is 0. The van der Waals surface area contributed by atoms with Crippen molar-refractivity contribution in [2.24, 2.45) is 0 Å². The molecule has 0 bridgehead atoms. The molecule has 0 aromatic carbocycles. The van der Waals surface area contributed by atoms with Crippen molar-refractivity contribution in [3.63, 3.8) is 0 Å². The Balaban J connectivity index is 2.37. The summed E-state index contributed by atoms with van der Waals surface area (Å²) in [7, 11) is 0. The smallest absolute Gasteiger partial charge is 0.0231 e. The number of hydrogen-bond acceptors (Lipinski definition) is 2. The lowest BCUT2D eigenvalue weighted by Gasteiger charge is -2.34. The van der Waals surface area contributed by atoms with Crippen molar-refractivity contribution >= 4 is 0 Å². The van der Waals surface area contributed by atoms with Crippen molar-refractivity contribution in [2.75, 3.05) is 39.3 Å². The Morgan fingerprint density at radius 1 is 1.19 bits per heavy atom. The molecule has 16 heavy (non-hydrogen) atoms. The van der Waals surface area contributed by atoms with Crippen LogP contribution in [-0.4, -0.2) is 49.1 Å². The van der Waals surface area contributed by atoms with Gasteiger partial charge in [-0.15, -0.1) is 0 Å². The van der Waals surface area contributed by atoms with Gasteiger partial charge in [-0.1, -0.05) is 37.8 Å². The third-order valence-electron chi connectivity index (χ3n) is 3.14. The van der Waals surface area contributed by atoms with Gasteiger partial charge in [0, 0.05) is 32.7 Å². The number of hydrogen-bond donors (Lipinski definition) is 0. The second kappa shape index (κ2) is 7.42. The summed E-state index contributed by atoms with van der Waals surface area (Å²) in [5, 5.41) is 0. The summed E-state index contributed by atoms with van der Waals surface area (Å²) in [6.07, 6.45) is 8.18. The molecule has 2 heteroatoms. The number of rotatable bonds is 5. The first-order chi connectivity index (χ1) is 7.80. The lowest BCUT2D eigenvalue weighted by atomic mass is 10.2. The predicted molar refractivity (Wildman–Crippen MR) is 71.6 cm³/mol. The predicted octanol–water partition coefficient (Wildman–Crippen LogP) is 2.31. The molecule has 0 aliphatic carbocycles. The van der Waals surface area contributed by atoms with E-state index in [1.807, 2.05) is 12.2 Å². The molecule has 2 nitrogen and oxygen atoms in total. The summed E-state index contributed by atoms with van der Waals surface area (Å²) in [6.45, 7) is 15.1. The van der Waals surface area contributed by atoms with Gasteiger partial charge in [-0.3, -0.25) is 4.90 Å². The summed E-state index contributed by atoms with van der Waals surface area (Å²) in [5.41, 5.74) is 1.38. The molecule has 0 unspecified atom stereocenters. The molecule has 0 N–H and O–H groups in total.